The molecule has 1 aliphatic heterocycles. The first kappa shape index (κ1) is 16.4. The summed E-state index contributed by atoms with van der Waals surface area (Å²) in [6, 6.07) is 13.1. The van der Waals surface area contributed by atoms with Crippen molar-refractivity contribution in [2.45, 2.75) is 18.4 Å². The molecule has 0 fully saturated rings. The number of non-ortho nitro benzene ring substituents is 1. The molecule has 1 heterocycles. The van der Waals surface area contributed by atoms with Crippen molar-refractivity contribution in [3.05, 3.63) is 88.5 Å². The highest BCUT2D eigenvalue weighted by Gasteiger charge is 2.39. The topological polar surface area (TPSA) is 64.4 Å². The van der Waals surface area contributed by atoms with Gasteiger partial charge in [-0.2, -0.15) is 0 Å². The third-order valence-electron chi connectivity index (χ3n) is 5.18. The lowest BCUT2D eigenvalue weighted by atomic mass is 9.77. The quantitative estimate of drug-likeness (QED) is 0.470. The summed E-state index contributed by atoms with van der Waals surface area (Å²) in [5.74, 6) is 1.52. The third kappa shape index (κ3) is 2.75. The van der Waals surface area contributed by atoms with Crippen LogP contribution in [0.1, 0.15) is 29.5 Å². The minimum Gasteiger partial charge on any atom is -0.487 e. The van der Waals surface area contributed by atoms with Crippen LogP contribution in [-0.4, -0.2) is 11.5 Å². The second kappa shape index (κ2) is 6.67. The van der Waals surface area contributed by atoms with Crippen molar-refractivity contribution in [1.29, 1.82) is 0 Å². The van der Waals surface area contributed by atoms with Crippen molar-refractivity contribution in [3.8, 4) is 5.75 Å². The number of hydrogen-bond acceptors (Lipinski definition) is 4. The first-order valence-electron chi connectivity index (χ1n) is 8.73. The van der Waals surface area contributed by atoms with E-state index in [1.807, 2.05) is 24.3 Å². The van der Waals surface area contributed by atoms with Crippen LogP contribution in [0.3, 0.4) is 0 Å². The van der Waals surface area contributed by atoms with Gasteiger partial charge in [-0.3, -0.25) is 10.1 Å². The van der Waals surface area contributed by atoms with Crippen molar-refractivity contribution < 1.29 is 9.66 Å². The Hall–Kier alpha value is -3.08. The Balaban J connectivity index is 1.72. The van der Waals surface area contributed by atoms with Crippen LogP contribution in [0.15, 0.2) is 67.3 Å². The standard InChI is InChI=1S/C21H20N2O3/c1-2-13-26-19-8-4-7-18-16-5-3-6-17(16)20(22-21(18)19)14-9-11-15(12-10-14)23(24)25/h2-5,7-12,16-17,20,22H,1,6,13H2. The summed E-state index contributed by atoms with van der Waals surface area (Å²) in [7, 11) is 0. The molecular formula is C21H20N2O3. The van der Waals surface area contributed by atoms with Crippen LogP contribution in [0.4, 0.5) is 11.4 Å². The van der Waals surface area contributed by atoms with Crippen LogP contribution in [0.2, 0.25) is 0 Å². The van der Waals surface area contributed by atoms with Crippen molar-refractivity contribution in [3.63, 3.8) is 0 Å². The van der Waals surface area contributed by atoms with Gasteiger partial charge in [-0.05, 0) is 29.5 Å². The Labute approximate surface area is 152 Å². The number of benzene rings is 2. The Morgan fingerprint density at radius 3 is 2.81 bits per heavy atom. The summed E-state index contributed by atoms with van der Waals surface area (Å²) < 4.78 is 5.84. The van der Waals surface area contributed by atoms with E-state index in [-0.39, 0.29) is 16.7 Å². The highest BCUT2D eigenvalue weighted by atomic mass is 16.6. The highest BCUT2D eigenvalue weighted by molar-refractivity contribution is 5.67. The number of nitrogens with one attached hydrogen (secondary N) is 1. The summed E-state index contributed by atoms with van der Waals surface area (Å²) in [4.78, 5) is 10.6. The second-order valence-corrected chi connectivity index (χ2v) is 6.64. The minimum atomic E-state index is -0.367. The number of nitro benzene ring substituents is 1. The highest BCUT2D eigenvalue weighted by Crippen LogP contribution is 2.52. The Morgan fingerprint density at radius 1 is 1.27 bits per heavy atom. The van der Waals surface area contributed by atoms with Crippen molar-refractivity contribution in [1.82, 2.24) is 0 Å². The van der Waals surface area contributed by atoms with Crippen LogP contribution in [0.5, 0.6) is 5.75 Å². The van der Waals surface area contributed by atoms with E-state index in [4.69, 9.17) is 4.74 Å². The zero-order chi connectivity index (χ0) is 18.1. The Kier molecular flexibility index (Phi) is 4.21. The van der Waals surface area contributed by atoms with E-state index in [0.29, 0.717) is 18.4 Å². The molecule has 2 aromatic carbocycles. The molecule has 132 valence electrons. The van der Waals surface area contributed by atoms with Crippen LogP contribution in [-0.2, 0) is 0 Å². The molecular weight excluding hydrogens is 328 g/mol. The summed E-state index contributed by atoms with van der Waals surface area (Å²) in [5.41, 5.74) is 3.41. The fourth-order valence-electron chi connectivity index (χ4n) is 4.00. The lowest BCUT2D eigenvalue weighted by Crippen LogP contribution is -2.29. The van der Waals surface area contributed by atoms with Gasteiger partial charge in [0, 0.05) is 18.1 Å². The van der Waals surface area contributed by atoms with Gasteiger partial charge in [-0.15, -0.1) is 0 Å². The molecule has 1 aliphatic carbocycles. The summed E-state index contributed by atoms with van der Waals surface area (Å²) in [5, 5.41) is 14.6. The molecule has 2 aliphatic rings. The molecule has 0 bridgehead atoms. The SMILES string of the molecule is C=CCOc1cccc2c1NC(c1ccc([N+](=O)[O-])cc1)C1CC=CC21. The largest absolute Gasteiger partial charge is 0.487 e. The maximum Gasteiger partial charge on any atom is 0.269 e. The maximum atomic E-state index is 10.9. The molecule has 0 saturated heterocycles. The molecule has 0 aromatic heterocycles. The molecule has 3 unspecified atom stereocenters. The van der Waals surface area contributed by atoms with Crippen molar-refractivity contribution in [2.24, 2.45) is 5.92 Å². The van der Waals surface area contributed by atoms with E-state index in [1.165, 1.54) is 5.56 Å². The van der Waals surface area contributed by atoms with Gasteiger partial charge in [0.05, 0.1) is 16.7 Å². The van der Waals surface area contributed by atoms with Crippen molar-refractivity contribution >= 4 is 11.4 Å². The molecule has 1 N–H and O–H groups in total. The number of fused-ring (bicyclic) bond motifs is 3. The van der Waals surface area contributed by atoms with Crippen LogP contribution in [0.25, 0.3) is 0 Å². The molecule has 5 nitrogen and oxygen atoms in total. The molecule has 0 spiro atoms. The van der Waals surface area contributed by atoms with Crippen LogP contribution in [0, 0.1) is 16.0 Å². The normalized spacial score (nSPS) is 22.8. The molecule has 2 aromatic rings. The number of allylic oxidation sites excluding steroid dienone is 2. The number of ether oxygens (including phenoxy) is 1. The summed E-state index contributed by atoms with van der Waals surface area (Å²) >= 11 is 0. The lowest BCUT2D eigenvalue weighted by molar-refractivity contribution is -0.384. The van der Waals surface area contributed by atoms with Gasteiger partial charge < -0.3 is 10.1 Å². The number of anilines is 1. The van der Waals surface area contributed by atoms with Gasteiger partial charge in [0.1, 0.15) is 12.4 Å². The van der Waals surface area contributed by atoms with Crippen LogP contribution >= 0.6 is 0 Å². The molecule has 4 rings (SSSR count). The van der Waals surface area contributed by atoms with E-state index >= 15 is 0 Å². The minimum absolute atomic E-state index is 0.0804. The lowest BCUT2D eigenvalue weighted by Gasteiger charge is -2.38. The molecule has 5 heteroatoms. The first-order chi connectivity index (χ1) is 12.7. The summed E-state index contributed by atoms with van der Waals surface area (Å²) in [6.07, 6.45) is 7.20. The monoisotopic (exact) mass is 348 g/mol. The second-order valence-electron chi connectivity index (χ2n) is 6.64. The summed E-state index contributed by atoms with van der Waals surface area (Å²) in [6.45, 7) is 4.16. The van der Waals surface area contributed by atoms with E-state index < -0.39 is 0 Å². The zero-order valence-electron chi connectivity index (χ0n) is 14.3. The van der Waals surface area contributed by atoms with E-state index in [9.17, 15) is 10.1 Å². The molecule has 0 radical (unpaired) electrons. The fourth-order valence-corrected chi connectivity index (χ4v) is 4.00. The van der Waals surface area contributed by atoms with Gasteiger partial charge in [0.2, 0.25) is 0 Å². The molecule has 0 saturated carbocycles. The maximum absolute atomic E-state index is 10.9. The Morgan fingerprint density at radius 2 is 2.08 bits per heavy atom. The van der Waals surface area contributed by atoms with E-state index in [0.717, 1.165) is 23.4 Å². The van der Waals surface area contributed by atoms with Gasteiger partial charge in [0.25, 0.3) is 5.69 Å². The predicted octanol–water partition coefficient (Wildman–Crippen LogP) is 4.99. The average molecular weight is 348 g/mol. The van der Waals surface area contributed by atoms with E-state index in [2.05, 4.69) is 30.1 Å². The average Bonchev–Trinajstić information content (AvgIpc) is 3.16. The number of nitro groups is 1. The first-order valence-corrected chi connectivity index (χ1v) is 8.73. The molecule has 0 amide bonds. The third-order valence-corrected chi connectivity index (χ3v) is 5.18. The van der Waals surface area contributed by atoms with Gasteiger partial charge in [-0.25, -0.2) is 0 Å². The fraction of sp³-hybridized carbons (Fsp3) is 0.238. The van der Waals surface area contributed by atoms with Gasteiger partial charge in [0.15, 0.2) is 0 Å². The van der Waals surface area contributed by atoms with Crippen molar-refractivity contribution in [2.75, 3.05) is 11.9 Å². The predicted molar refractivity (Wildman–Crippen MR) is 102 cm³/mol. The van der Waals surface area contributed by atoms with Gasteiger partial charge >= 0.3 is 0 Å². The number of para-hydroxylation sites is 1. The number of rotatable bonds is 5. The number of hydrogen-bond donors (Lipinski definition) is 1. The number of nitrogens with zero attached hydrogens (tertiary/aromatic N) is 1. The molecule has 26 heavy (non-hydrogen) atoms. The van der Waals surface area contributed by atoms with Crippen LogP contribution < -0.4 is 10.1 Å². The smallest absolute Gasteiger partial charge is 0.269 e. The van der Waals surface area contributed by atoms with Gasteiger partial charge in [-0.1, -0.05) is 49.1 Å². The Bertz CT molecular complexity index is 873. The molecule has 3 atom stereocenters. The zero-order valence-corrected chi connectivity index (χ0v) is 14.3. The van der Waals surface area contributed by atoms with E-state index in [1.54, 1.807) is 18.2 Å².